The molecule has 6 heteroatoms. The summed E-state index contributed by atoms with van der Waals surface area (Å²) in [5.74, 6) is -1.48. The van der Waals surface area contributed by atoms with E-state index in [9.17, 15) is 14.7 Å². The van der Waals surface area contributed by atoms with Gasteiger partial charge in [0.25, 0.3) is 0 Å². The molecule has 1 aromatic heterocycles. The summed E-state index contributed by atoms with van der Waals surface area (Å²) in [6.07, 6.45) is 0. The minimum absolute atomic E-state index is 0.0840. The number of hydrogen-bond acceptors (Lipinski definition) is 3. The molecule has 110 valence electrons. The van der Waals surface area contributed by atoms with E-state index in [-0.39, 0.29) is 22.3 Å². The van der Waals surface area contributed by atoms with Crippen LogP contribution in [-0.4, -0.2) is 21.2 Å². The van der Waals surface area contributed by atoms with Gasteiger partial charge in [-0.25, -0.2) is 4.79 Å². The third-order valence-electron chi connectivity index (χ3n) is 3.33. The van der Waals surface area contributed by atoms with Gasteiger partial charge in [0.1, 0.15) is 11.4 Å². The molecule has 3 aromatic rings. The van der Waals surface area contributed by atoms with Gasteiger partial charge in [-0.3, -0.25) is 4.79 Å². The van der Waals surface area contributed by atoms with Gasteiger partial charge in [0.15, 0.2) is 5.43 Å². The number of H-pyrrole nitrogens is 1. The van der Waals surface area contributed by atoms with Crippen molar-refractivity contribution in [3.8, 4) is 16.9 Å². The molecule has 0 unspecified atom stereocenters. The molecule has 5 nitrogen and oxygen atoms in total. The molecule has 3 rings (SSSR count). The van der Waals surface area contributed by atoms with Crippen LogP contribution in [0.25, 0.3) is 22.0 Å². The summed E-state index contributed by atoms with van der Waals surface area (Å²) in [5, 5.41) is 19.8. The van der Waals surface area contributed by atoms with Crippen LogP contribution in [-0.2, 0) is 0 Å². The van der Waals surface area contributed by atoms with Crippen molar-refractivity contribution in [1.29, 1.82) is 0 Å². The van der Waals surface area contributed by atoms with Gasteiger partial charge in [-0.15, -0.1) is 0 Å². The van der Waals surface area contributed by atoms with Gasteiger partial charge < -0.3 is 15.2 Å². The van der Waals surface area contributed by atoms with Crippen LogP contribution in [0.5, 0.6) is 5.75 Å². The zero-order valence-corrected chi connectivity index (χ0v) is 11.9. The van der Waals surface area contributed by atoms with E-state index in [2.05, 4.69) is 4.98 Å². The summed E-state index contributed by atoms with van der Waals surface area (Å²) in [7, 11) is 0. The lowest BCUT2D eigenvalue weighted by Gasteiger charge is -2.08. The number of phenols is 1. The number of aromatic amines is 1. The summed E-state index contributed by atoms with van der Waals surface area (Å²) in [6.45, 7) is 0. The smallest absolute Gasteiger partial charge is 0.352 e. The standard InChI is InChI=1S/C16H10ClNO4/c17-11-4-2-1-3-9(11)8-5-10-13(19)7-12(16(21)22)18-15(10)14(20)6-8/h1-7,20H,(H,18,19)(H,21,22). The second-order valence-electron chi connectivity index (χ2n) is 4.75. The molecule has 0 bridgehead atoms. The van der Waals surface area contributed by atoms with Crippen LogP contribution in [0.4, 0.5) is 0 Å². The van der Waals surface area contributed by atoms with Crippen molar-refractivity contribution in [1.82, 2.24) is 4.98 Å². The van der Waals surface area contributed by atoms with E-state index in [1.807, 2.05) is 0 Å². The summed E-state index contributed by atoms with van der Waals surface area (Å²) >= 11 is 6.12. The average Bonchev–Trinajstić information content (AvgIpc) is 2.48. The second-order valence-corrected chi connectivity index (χ2v) is 5.16. The average molecular weight is 316 g/mol. The highest BCUT2D eigenvalue weighted by atomic mass is 35.5. The van der Waals surface area contributed by atoms with Crippen LogP contribution in [0.2, 0.25) is 5.02 Å². The maximum absolute atomic E-state index is 12.1. The Morgan fingerprint density at radius 1 is 1.14 bits per heavy atom. The molecule has 3 N–H and O–H groups in total. The fourth-order valence-corrected chi connectivity index (χ4v) is 2.54. The van der Waals surface area contributed by atoms with E-state index in [4.69, 9.17) is 16.7 Å². The molecule has 0 spiro atoms. The highest BCUT2D eigenvalue weighted by Gasteiger charge is 2.13. The molecule has 0 fully saturated rings. The van der Waals surface area contributed by atoms with Crippen molar-refractivity contribution < 1.29 is 15.0 Å². The Kier molecular flexibility index (Phi) is 3.35. The van der Waals surface area contributed by atoms with Gasteiger partial charge in [-0.05, 0) is 23.8 Å². The highest BCUT2D eigenvalue weighted by Crippen LogP contribution is 2.33. The first-order chi connectivity index (χ1) is 10.5. The Morgan fingerprint density at radius 3 is 2.55 bits per heavy atom. The maximum Gasteiger partial charge on any atom is 0.352 e. The number of hydrogen-bond donors (Lipinski definition) is 3. The first-order valence-electron chi connectivity index (χ1n) is 6.35. The molecule has 0 saturated carbocycles. The van der Waals surface area contributed by atoms with Crippen LogP contribution in [0, 0.1) is 0 Å². The monoisotopic (exact) mass is 315 g/mol. The van der Waals surface area contributed by atoms with Gasteiger partial charge in [-0.2, -0.15) is 0 Å². The Balaban J connectivity index is 2.33. The van der Waals surface area contributed by atoms with Crippen LogP contribution in [0.15, 0.2) is 47.3 Å². The van der Waals surface area contributed by atoms with E-state index in [0.717, 1.165) is 6.07 Å². The van der Waals surface area contributed by atoms with Gasteiger partial charge in [0.05, 0.1) is 5.52 Å². The third-order valence-corrected chi connectivity index (χ3v) is 3.66. The summed E-state index contributed by atoms with van der Waals surface area (Å²) < 4.78 is 0. The molecule has 0 radical (unpaired) electrons. The van der Waals surface area contributed by atoms with Crippen LogP contribution in [0.1, 0.15) is 10.5 Å². The first kappa shape index (κ1) is 14.2. The Labute approximate surface area is 129 Å². The number of pyridine rings is 1. The molecule has 0 atom stereocenters. The molecule has 0 aliphatic carbocycles. The minimum atomic E-state index is -1.27. The molecule has 0 saturated heterocycles. The predicted molar refractivity (Wildman–Crippen MR) is 83.6 cm³/mol. The van der Waals surface area contributed by atoms with Crippen molar-refractivity contribution in [2.75, 3.05) is 0 Å². The fourth-order valence-electron chi connectivity index (χ4n) is 2.30. The van der Waals surface area contributed by atoms with Crippen molar-refractivity contribution >= 4 is 28.5 Å². The molecule has 22 heavy (non-hydrogen) atoms. The molecular weight excluding hydrogens is 306 g/mol. The lowest BCUT2D eigenvalue weighted by Crippen LogP contribution is -2.09. The summed E-state index contributed by atoms with van der Waals surface area (Å²) in [4.78, 5) is 25.6. The van der Waals surface area contributed by atoms with Gasteiger partial charge >= 0.3 is 5.97 Å². The number of aromatic hydroxyl groups is 1. The van der Waals surface area contributed by atoms with E-state index >= 15 is 0 Å². The number of nitrogens with one attached hydrogen (secondary N) is 1. The second kappa shape index (κ2) is 5.20. The number of carbonyl (C=O) groups is 1. The molecule has 0 aliphatic rings. The highest BCUT2D eigenvalue weighted by molar-refractivity contribution is 6.33. The minimum Gasteiger partial charge on any atom is -0.506 e. The SMILES string of the molecule is O=C(O)c1cc(=O)c2cc(-c3ccccc3Cl)cc(O)c2[nH]1. The van der Waals surface area contributed by atoms with Crippen LogP contribution < -0.4 is 5.43 Å². The van der Waals surface area contributed by atoms with E-state index < -0.39 is 11.4 Å². The molecule has 2 aromatic carbocycles. The number of carboxylic acids is 1. The zero-order chi connectivity index (χ0) is 15.9. The van der Waals surface area contributed by atoms with Crippen molar-refractivity contribution in [3.63, 3.8) is 0 Å². The van der Waals surface area contributed by atoms with Crippen LogP contribution >= 0.6 is 11.6 Å². The largest absolute Gasteiger partial charge is 0.506 e. The number of rotatable bonds is 2. The Bertz CT molecular complexity index is 962. The van der Waals surface area contributed by atoms with Crippen molar-refractivity contribution in [2.24, 2.45) is 0 Å². The summed E-state index contributed by atoms with van der Waals surface area (Å²) in [5.41, 5.74) is 0.557. The van der Waals surface area contributed by atoms with Gasteiger partial charge in [-0.1, -0.05) is 29.8 Å². The lowest BCUT2D eigenvalue weighted by molar-refractivity contribution is 0.0691. The fraction of sp³-hybridized carbons (Fsp3) is 0. The molecule has 1 heterocycles. The molecule has 0 aliphatic heterocycles. The first-order valence-corrected chi connectivity index (χ1v) is 6.73. The number of halogens is 1. The van der Waals surface area contributed by atoms with E-state index in [1.54, 1.807) is 30.3 Å². The number of carboxylic acid groups (broad SMARTS) is 1. The molecule has 0 amide bonds. The van der Waals surface area contributed by atoms with Crippen LogP contribution in [0.3, 0.4) is 0 Å². The van der Waals surface area contributed by atoms with E-state index in [0.29, 0.717) is 16.1 Å². The van der Waals surface area contributed by atoms with Crippen molar-refractivity contribution in [2.45, 2.75) is 0 Å². The quantitative estimate of drug-likeness (QED) is 0.677. The maximum atomic E-state index is 12.1. The van der Waals surface area contributed by atoms with Crippen molar-refractivity contribution in [3.05, 3.63) is 63.4 Å². The van der Waals surface area contributed by atoms with Gasteiger partial charge in [0, 0.05) is 22.0 Å². The predicted octanol–water partition coefficient (Wildman–Crippen LogP) is 3.25. The number of phenolic OH excluding ortho intramolecular Hbond substituents is 1. The topological polar surface area (TPSA) is 90.4 Å². The number of aromatic carboxylic acids is 1. The molecular formula is C16H10ClNO4. The van der Waals surface area contributed by atoms with Gasteiger partial charge in [0.2, 0.25) is 0 Å². The summed E-state index contributed by atoms with van der Waals surface area (Å²) in [6, 6.07) is 11.0. The number of fused-ring (bicyclic) bond motifs is 1. The number of benzene rings is 2. The Hall–Kier alpha value is -2.79. The normalized spacial score (nSPS) is 10.8. The lowest BCUT2D eigenvalue weighted by atomic mass is 10.0. The zero-order valence-electron chi connectivity index (χ0n) is 11.1. The third kappa shape index (κ3) is 2.31. The Morgan fingerprint density at radius 2 is 1.86 bits per heavy atom. The van der Waals surface area contributed by atoms with E-state index in [1.165, 1.54) is 6.07 Å². The number of aromatic nitrogens is 1.